The largest absolute Gasteiger partial charge is 0.489 e. The standard InChI is InChI=1S/C18H18ClNO/c1-13(2)20-11-14(12-21-16-6-4-3-5-7-16)17-10-15(19)8-9-18(17)20/h3-11,13H,12H2,1-2H3. The second-order valence-electron chi connectivity index (χ2n) is 5.42. The van der Waals surface area contributed by atoms with Crippen LogP contribution in [0.2, 0.25) is 5.02 Å². The quantitative estimate of drug-likeness (QED) is 0.624. The summed E-state index contributed by atoms with van der Waals surface area (Å²) in [5.41, 5.74) is 2.35. The highest BCUT2D eigenvalue weighted by Crippen LogP contribution is 2.28. The number of hydrogen-bond acceptors (Lipinski definition) is 1. The fourth-order valence-corrected chi connectivity index (χ4v) is 2.69. The van der Waals surface area contributed by atoms with E-state index in [-0.39, 0.29) is 0 Å². The van der Waals surface area contributed by atoms with E-state index in [4.69, 9.17) is 16.3 Å². The van der Waals surface area contributed by atoms with Crippen molar-refractivity contribution >= 4 is 22.5 Å². The molecule has 0 N–H and O–H groups in total. The second kappa shape index (κ2) is 5.82. The van der Waals surface area contributed by atoms with Crippen LogP contribution in [0.25, 0.3) is 10.9 Å². The lowest BCUT2D eigenvalue weighted by atomic mass is 10.2. The molecule has 0 saturated heterocycles. The molecule has 3 aromatic rings. The van der Waals surface area contributed by atoms with Gasteiger partial charge in [0.05, 0.1) is 0 Å². The van der Waals surface area contributed by atoms with E-state index in [1.54, 1.807) is 0 Å². The molecule has 0 aliphatic heterocycles. The molecule has 3 rings (SSSR count). The van der Waals surface area contributed by atoms with Crippen molar-refractivity contribution in [2.45, 2.75) is 26.5 Å². The molecule has 2 aromatic carbocycles. The fourth-order valence-electron chi connectivity index (χ4n) is 2.52. The Labute approximate surface area is 129 Å². The molecule has 1 heterocycles. The van der Waals surface area contributed by atoms with Crippen LogP contribution >= 0.6 is 11.6 Å². The van der Waals surface area contributed by atoms with Crippen molar-refractivity contribution in [1.82, 2.24) is 4.57 Å². The maximum atomic E-state index is 6.15. The van der Waals surface area contributed by atoms with E-state index in [0.717, 1.165) is 21.7 Å². The van der Waals surface area contributed by atoms with Crippen molar-refractivity contribution in [2.75, 3.05) is 0 Å². The van der Waals surface area contributed by atoms with E-state index in [1.807, 2.05) is 42.5 Å². The number of nitrogens with zero attached hydrogens (tertiary/aromatic N) is 1. The molecule has 0 amide bonds. The Balaban J connectivity index is 1.96. The van der Waals surface area contributed by atoms with Crippen molar-refractivity contribution in [3.05, 3.63) is 65.3 Å². The Morgan fingerprint density at radius 1 is 1.10 bits per heavy atom. The second-order valence-corrected chi connectivity index (χ2v) is 5.85. The molecule has 1 aromatic heterocycles. The lowest BCUT2D eigenvalue weighted by Crippen LogP contribution is -1.98. The van der Waals surface area contributed by atoms with Crippen molar-refractivity contribution < 1.29 is 4.74 Å². The summed E-state index contributed by atoms with van der Waals surface area (Å²) in [6, 6.07) is 16.3. The molecule has 2 nitrogen and oxygen atoms in total. The topological polar surface area (TPSA) is 14.2 Å². The van der Waals surface area contributed by atoms with Crippen LogP contribution in [0.15, 0.2) is 54.7 Å². The Kier molecular flexibility index (Phi) is 3.89. The molecule has 0 aliphatic rings. The Morgan fingerprint density at radius 2 is 1.86 bits per heavy atom. The molecule has 21 heavy (non-hydrogen) atoms. The summed E-state index contributed by atoms with van der Waals surface area (Å²) in [5.74, 6) is 0.880. The molecule has 0 atom stereocenters. The van der Waals surface area contributed by atoms with Crippen molar-refractivity contribution in [2.24, 2.45) is 0 Å². The maximum Gasteiger partial charge on any atom is 0.119 e. The van der Waals surface area contributed by atoms with Gasteiger partial charge in [-0.1, -0.05) is 29.8 Å². The van der Waals surface area contributed by atoms with Crippen molar-refractivity contribution in [3.8, 4) is 5.75 Å². The average molecular weight is 300 g/mol. The van der Waals surface area contributed by atoms with Crippen LogP contribution in [0.4, 0.5) is 0 Å². The normalized spacial score (nSPS) is 11.2. The summed E-state index contributed by atoms with van der Waals surface area (Å²) in [6.45, 7) is 4.90. The molecule has 0 spiro atoms. The molecule has 0 radical (unpaired) electrons. The van der Waals surface area contributed by atoms with Crippen LogP contribution in [-0.4, -0.2) is 4.57 Å². The van der Waals surface area contributed by atoms with E-state index in [1.165, 1.54) is 5.52 Å². The number of aromatic nitrogens is 1. The van der Waals surface area contributed by atoms with Gasteiger partial charge in [0.2, 0.25) is 0 Å². The predicted molar refractivity (Wildman–Crippen MR) is 88.1 cm³/mol. The summed E-state index contributed by atoms with van der Waals surface area (Å²) in [4.78, 5) is 0. The molecule has 108 valence electrons. The molecule has 0 aliphatic carbocycles. The smallest absolute Gasteiger partial charge is 0.119 e. The van der Waals surface area contributed by atoms with Crippen LogP contribution in [0.5, 0.6) is 5.75 Å². The molecular weight excluding hydrogens is 282 g/mol. The number of ether oxygens (including phenoxy) is 1. The monoisotopic (exact) mass is 299 g/mol. The first-order chi connectivity index (χ1) is 10.1. The summed E-state index contributed by atoms with van der Waals surface area (Å²) in [7, 11) is 0. The first-order valence-electron chi connectivity index (χ1n) is 7.12. The van der Waals surface area contributed by atoms with Crippen LogP contribution < -0.4 is 4.74 Å². The zero-order valence-electron chi connectivity index (χ0n) is 12.2. The molecule has 0 bridgehead atoms. The van der Waals surface area contributed by atoms with E-state index in [2.05, 4.69) is 30.7 Å². The van der Waals surface area contributed by atoms with E-state index >= 15 is 0 Å². The van der Waals surface area contributed by atoms with Gasteiger partial charge in [-0.2, -0.15) is 0 Å². The number of hydrogen-bond donors (Lipinski definition) is 0. The number of fused-ring (bicyclic) bond motifs is 1. The molecule has 0 unspecified atom stereocenters. The van der Waals surface area contributed by atoms with Gasteiger partial charge in [0.1, 0.15) is 12.4 Å². The zero-order valence-corrected chi connectivity index (χ0v) is 13.0. The van der Waals surface area contributed by atoms with Gasteiger partial charge >= 0.3 is 0 Å². The Hall–Kier alpha value is -1.93. The van der Waals surface area contributed by atoms with Crippen LogP contribution in [0.1, 0.15) is 25.5 Å². The Bertz CT molecular complexity index is 747. The maximum absolute atomic E-state index is 6.15. The number of benzene rings is 2. The summed E-state index contributed by atoms with van der Waals surface area (Å²) in [5, 5.41) is 1.91. The number of halogens is 1. The van der Waals surface area contributed by atoms with E-state index < -0.39 is 0 Å². The minimum absolute atomic E-state index is 0.402. The molecule has 0 fully saturated rings. The summed E-state index contributed by atoms with van der Waals surface area (Å²) >= 11 is 6.15. The van der Waals surface area contributed by atoms with Gasteiger partial charge in [-0.15, -0.1) is 0 Å². The van der Waals surface area contributed by atoms with Gasteiger partial charge in [-0.3, -0.25) is 0 Å². The lowest BCUT2D eigenvalue weighted by Gasteiger charge is -2.08. The minimum atomic E-state index is 0.402. The lowest BCUT2D eigenvalue weighted by molar-refractivity contribution is 0.307. The fraction of sp³-hybridized carbons (Fsp3) is 0.222. The summed E-state index contributed by atoms with van der Waals surface area (Å²) < 4.78 is 8.14. The van der Waals surface area contributed by atoms with Gasteiger partial charge in [0, 0.05) is 33.7 Å². The number of para-hydroxylation sites is 1. The van der Waals surface area contributed by atoms with Gasteiger partial charge in [0.25, 0.3) is 0 Å². The first-order valence-corrected chi connectivity index (χ1v) is 7.50. The third-order valence-electron chi connectivity index (χ3n) is 3.57. The van der Waals surface area contributed by atoms with Crippen LogP contribution in [-0.2, 0) is 6.61 Å². The molecule has 3 heteroatoms. The van der Waals surface area contributed by atoms with Gasteiger partial charge < -0.3 is 9.30 Å². The van der Waals surface area contributed by atoms with Gasteiger partial charge in [-0.05, 0) is 44.2 Å². The zero-order chi connectivity index (χ0) is 14.8. The summed E-state index contributed by atoms with van der Waals surface area (Å²) in [6.07, 6.45) is 2.16. The van der Waals surface area contributed by atoms with E-state index in [9.17, 15) is 0 Å². The van der Waals surface area contributed by atoms with Gasteiger partial charge in [-0.25, -0.2) is 0 Å². The van der Waals surface area contributed by atoms with Crippen molar-refractivity contribution in [3.63, 3.8) is 0 Å². The average Bonchev–Trinajstić information content (AvgIpc) is 2.84. The van der Waals surface area contributed by atoms with Gasteiger partial charge in [0.15, 0.2) is 0 Å². The van der Waals surface area contributed by atoms with E-state index in [0.29, 0.717) is 12.6 Å². The number of rotatable bonds is 4. The minimum Gasteiger partial charge on any atom is -0.489 e. The highest BCUT2D eigenvalue weighted by Gasteiger charge is 2.11. The SMILES string of the molecule is CC(C)n1cc(COc2ccccc2)c2cc(Cl)ccc21. The predicted octanol–water partition coefficient (Wildman–Crippen LogP) is 5.45. The Morgan fingerprint density at radius 3 is 2.57 bits per heavy atom. The van der Waals surface area contributed by atoms with Crippen LogP contribution in [0, 0.1) is 0 Å². The molecular formula is C18H18ClNO. The van der Waals surface area contributed by atoms with Crippen molar-refractivity contribution in [1.29, 1.82) is 0 Å². The first kappa shape index (κ1) is 14.0. The highest BCUT2D eigenvalue weighted by molar-refractivity contribution is 6.31. The third kappa shape index (κ3) is 2.91. The highest BCUT2D eigenvalue weighted by atomic mass is 35.5. The van der Waals surface area contributed by atoms with Crippen LogP contribution in [0.3, 0.4) is 0 Å². The molecule has 0 saturated carbocycles. The third-order valence-corrected chi connectivity index (χ3v) is 3.81.